The third-order valence-corrected chi connectivity index (χ3v) is 5.44. The Labute approximate surface area is 154 Å². The van der Waals surface area contributed by atoms with Crippen molar-refractivity contribution in [3.05, 3.63) is 42.0 Å². The second kappa shape index (κ2) is 7.03. The van der Waals surface area contributed by atoms with E-state index in [9.17, 15) is 9.18 Å². The molecule has 0 saturated carbocycles. The number of carbonyl (C=O) groups excluding carboxylic acids is 1. The zero-order valence-electron chi connectivity index (χ0n) is 14.4. The van der Waals surface area contributed by atoms with Gasteiger partial charge in [0.05, 0.1) is 4.70 Å². The average Bonchev–Trinajstić information content (AvgIpc) is 3.29. The fourth-order valence-corrected chi connectivity index (χ4v) is 3.97. The van der Waals surface area contributed by atoms with E-state index in [-0.39, 0.29) is 17.8 Å². The predicted molar refractivity (Wildman–Crippen MR) is 97.0 cm³/mol. The van der Waals surface area contributed by atoms with Crippen molar-refractivity contribution >= 4 is 27.5 Å². The van der Waals surface area contributed by atoms with Gasteiger partial charge in [-0.15, -0.1) is 0 Å². The summed E-state index contributed by atoms with van der Waals surface area (Å²) < 4.78 is 22.2. The number of likely N-dealkylation sites (tertiary alicyclic amines) is 1. The van der Waals surface area contributed by atoms with Crippen molar-refractivity contribution in [1.29, 1.82) is 0 Å². The molecule has 8 heteroatoms. The Morgan fingerprint density at radius 3 is 2.85 bits per heavy atom. The third kappa shape index (κ3) is 3.29. The number of benzene rings is 1. The maximum absolute atomic E-state index is 13.7. The summed E-state index contributed by atoms with van der Waals surface area (Å²) in [6.45, 7) is 3.95. The van der Waals surface area contributed by atoms with Crippen molar-refractivity contribution in [3.63, 3.8) is 0 Å². The number of thiazole rings is 1. The summed E-state index contributed by atoms with van der Waals surface area (Å²) in [5.41, 5.74) is 0.833. The van der Waals surface area contributed by atoms with Gasteiger partial charge in [-0.1, -0.05) is 17.4 Å². The van der Waals surface area contributed by atoms with Crippen LogP contribution in [0.25, 0.3) is 10.2 Å². The molecule has 1 saturated heterocycles. The number of aromatic nitrogens is 3. The van der Waals surface area contributed by atoms with Gasteiger partial charge in [-0.2, -0.15) is 10.1 Å². The van der Waals surface area contributed by atoms with Gasteiger partial charge in [-0.25, -0.2) is 4.39 Å². The first-order valence-corrected chi connectivity index (χ1v) is 9.50. The number of piperidine rings is 1. The van der Waals surface area contributed by atoms with Crippen LogP contribution in [0.4, 0.5) is 4.39 Å². The molecule has 0 N–H and O–H groups in total. The SMILES string of the molecule is CCn1ccc(C(=O)N2CCC(Oc3nc4c(F)cccc4s3)CC2)n1. The van der Waals surface area contributed by atoms with Crippen LogP contribution in [-0.4, -0.2) is 44.8 Å². The number of ether oxygens (including phenoxy) is 1. The Bertz CT molecular complexity index is 930. The van der Waals surface area contributed by atoms with E-state index in [0.29, 0.717) is 29.5 Å². The maximum atomic E-state index is 13.7. The molecule has 0 bridgehead atoms. The van der Waals surface area contributed by atoms with E-state index in [2.05, 4.69) is 10.1 Å². The monoisotopic (exact) mass is 374 g/mol. The van der Waals surface area contributed by atoms with Gasteiger partial charge in [-0.3, -0.25) is 9.48 Å². The smallest absolute Gasteiger partial charge is 0.274 e. The highest BCUT2D eigenvalue weighted by Crippen LogP contribution is 2.31. The quantitative estimate of drug-likeness (QED) is 0.703. The number of rotatable bonds is 4. The van der Waals surface area contributed by atoms with Crippen LogP contribution < -0.4 is 4.74 Å². The molecule has 0 spiro atoms. The first-order valence-electron chi connectivity index (χ1n) is 8.68. The summed E-state index contributed by atoms with van der Waals surface area (Å²) in [6.07, 6.45) is 3.24. The van der Waals surface area contributed by atoms with Gasteiger partial charge in [0.2, 0.25) is 0 Å². The summed E-state index contributed by atoms with van der Waals surface area (Å²) in [7, 11) is 0. The molecular formula is C18H19FN4O2S. The van der Waals surface area contributed by atoms with E-state index in [4.69, 9.17) is 4.74 Å². The summed E-state index contributed by atoms with van der Waals surface area (Å²) in [4.78, 5) is 18.6. The molecule has 6 nitrogen and oxygen atoms in total. The van der Waals surface area contributed by atoms with Gasteiger partial charge in [0.15, 0.2) is 0 Å². The topological polar surface area (TPSA) is 60.2 Å². The number of carbonyl (C=O) groups is 1. The van der Waals surface area contributed by atoms with Gasteiger partial charge < -0.3 is 9.64 Å². The van der Waals surface area contributed by atoms with E-state index >= 15 is 0 Å². The number of nitrogens with zero attached hydrogens (tertiary/aromatic N) is 4. The number of hydrogen-bond donors (Lipinski definition) is 0. The van der Waals surface area contributed by atoms with E-state index in [1.54, 1.807) is 21.7 Å². The van der Waals surface area contributed by atoms with Crippen molar-refractivity contribution in [2.24, 2.45) is 0 Å². The molecule has 3 heterocycles. The van der Waals surface area contributed by atoms with Gasteiger partial charge in [0.25, 0.3) is 11.1 Å². The third-order valence-electron chi connectivity index (χ3n) is 4.53. The Balaban J connectivity index is 1.37. The molecule has 1 aliphatic rings. The van der Waals surface area contributed by atoms with Crippen LogP contribution in [0.1, 0.15) is 30.3 Å². The Hall–Kier alpha value is -2.48. The fourth-order valence-electron chi connectivity index (χ4n) is 3.08. The number of aryl methyl sites for hydroxylation is 1. The average molecular weight is 374 g/mol. The number of amides is 1. The van der Waals surface area contributed by atoms with Crippen molar-refractivity contribution < 1.29 is 13.9 Å². The van der Waals surface area contributed by atoms with Gasteiger partial charge in [0, 0.05) is 38.7 Å². The number of para-hydroxylation sites is 1. The molecule has 3 aromatic rings. The van der Waals surface area contributed by atoms with Crippen LogP contribution in [0.2, 0.25) is 0 Å². The fraction of sp³-hybridized carbons (Fsp3) is 0.389. The van der Waals surface area contributed by atoms with Crippen LogP contribution in [-0.2, 0) is 6.54 Å². The molecular weight excluding hydrogens is 355 g/mol. The van der Waals surface area contributed by atoms with Gasteiger partial charge >= 0.3 is 0 Å². The molecule has 1 amide bonds. The Morgan fingerprint density at radius 2 is 2.15 bits per heavy atom. The van der Waals surface area contributed by atoms with Crippen LogP contribution in [0.5, 0.6) is 5.19 Å². The largest absolute Gasteiger partial charge is 0.467 e. The Morgan fingerprint density at radius 1 is 1.35 bits per heavy atom. The molecule has 1 aromatic carbocycles. The highest BCUT2D eigenvalue weighted by atomic mass is 32.1. The molecule has 4 rings (SSSR count). The van der Waals surface area contributed by atoms with E-state index in [1.807, 2.05) is 19.2 Å². The first-order chi connectivity index (χ1) is 12.6. The van der Waals surface area contributed by atoms with Crippen molar-refractivity contribution in [3.8, 4) is 5.19 Å². The summed E-state index contributed by atoms with van der Waals surface area (Å²) in [5, 5.41) is 4.76. The van der Waals surface area contributed by atoms with Crippen LogP contribution in [0.15, 0.2) is 30.5 Å². The molecule has 0 unspecified atom stereocenters. The minimum absolute atomic E-state index is 0.0177. The van der Waals surface area contributed by atoms with E-state index in [0.717, 1.165) is 24.1 Å². The van der Waals surface area contributed by atoms with E-state index in [1.165, 1.54) is 17.4 Å². The second-order valence-electron chi connectivity index (χ2n) is 6.23. The minimum atomic E-state index is -0.333. The normalized spacial score (nSPS) is 15.5. The number of halogens is 1. The molecule has 1 fully saturated rings. The van der Waals surface area contributed by atoms with Crippen molar-refractivity contribution in [2.75, 3.05) is 13.1 Å². The van der Waals surface area contributed by atoms with Crippen molar-refractivity contribution in [1.82, 2.24) is 19.7 Å². The molecule has 0 radical (unpaired) electrons. The lowest BCUT2D eigenvalue weighted by Crippen LogP contribution is -2.42. The summed E-state index contributed by atoms with van der Waals surface area (Å²) >= 11 is 1.35. The zero-order valence-corrected chi connectivity index (χ0v) is 15.2. The van der Waals surface area contributed by atoms with Gasteiger partial charge in [-0.05, 0) is 25.1 Å². The zero-order chi connectivity index (χ0) is 18.1. The second-order valence-corrected chi connectivity index (χ2v) is 7.23. The summed E-state index contributed by atoms with van der Waals surface area (Å²) in [5.74, 6) is -0.377. The lowest BCUT2D eigenvalue weighted by atomic mass is 10.1. The molecule has 136 valence electrons. The van der Waals surface area contributed by atoms with Crippen LogP contribution >= 0.6 is 11.3 Å². The lowest BCUT2D eigenvalue weighted by Gasteiger charge is -2.31. The molecule has 2 aromatic heterocycles. The Kier molecular flexibility index (Phi) is 4.58. The summed E-state index contributed by atoms with van der Waals surface area (Å²) in [6, 6.07) is 6.66. The predicted octanol–water partition coefficient (Wildman–Crippen LogP) is 3.34. The minimum Gasteiger partial charge on any atom is -0.467 e. The number of fused-ring (bicyclic) bond motifs is 1. The molecule has 0 aliphatic carbocycles. The standard InChI is InChI=1S/C18H19FN4O2S/c1-2-23-11-8-14(21-23)17(24)22-9-6-12(7-10-22)25-18-20-16-13(19)4-3-5-15(16)26-18/h3-5,8,11-12H,2,6-7,9-10H2,1H3. The van der Waals surface area contributed by atoms with Crippen molar-refractivity contribution in [2.45, 2.75) is 32.4 Å². The van der Waals surface area contributed by atoms with Gasteiger partial charge in [0.1, 0.15) is 23.1 Å². The van der Waals surface area contributed by atoms with Crippen LogP contribution in [0, 0.1) is 5.82 Å². The van der Waals surface area contributed by atoms with Crippen LogP contribution in [0.3, 0.4) is 0 Å². The lowest BCUT2D eigenvalue weighted by molar-refractivity contribution is 0.0589. The highest BCUT2D eigenvalue weighted by Gasteiger charge is 2.26. The maximum Gasteiger partial charge on any atom is 0.274 e. The molecule has 26 heavy (non-hydrogen) atoms. The van der Waals surface area contributed by atoms with E-state index < -0.39 is 0 Å². The number of hydrogen-bond acceptors (Lipinski definition) is 5. The highest BCUT2D eigenvalue weighted by molar-refractivity contribution is 7.20. The molecule has 0 atom stereocenters. The first kappa shape index (κ1) is 17.0. The molecule has 1 aliphatic heterocycles.